The highest BCUT2D eigenvalue weighted by Crippen LogP contribution is 2.12. The van der Waals surface area contributed by atoms with Gasteiger partial charge in [0.25, 0.3) is 0 Å². The third-order valence-corrected chi connectivity index (χ3v) is 2.34. The highest BCUT2D eigenvalue weighted by Gasteiger charge is 2.16. The molecule has 1 saturated heterocycles. The van der Waals surface area contributed by atoms with Gasteiger partial charge in [-0.1, -0.05) is 6.92 Å². The van der Waals surface area contributed by atoms with Gasteiger partial charge in [0.1, 0.15) is 0 Å². The lowest BCUT2D eigenvalue weighted by atomic mass is 10.1. The number of likely N-dealkylation sites (tertiary alicyclic amines) is 1. The van der Waals surface area contributed by atoms with Gasteiger partial charge in [-0.15, -0.1) is 0 Å². The van der Waals surface area contributed by atoms with Crippen molar-refractivity contribution in [2.75, 3.05) is 19.6 Å². The van der Waals surface area contributed by atoms with Crippen molar-refractivity contribution in [3.63, 3.8) is 0 Å². The zero-order valence-electron chi connectivity index (χ0n) is 7.66. The SMILES string of the molecule is CCN1CCC(N=C(N)N)CC1. The Bertz CT molecular complexity index is 154. The molecule has 4 nitrogen and oxygen atoms in total. The van der Waals surface area contributed by atoms with Gasteiger partial charge in [-0.3, -0.25) is 4.99 Å². The van der Waals surface area contributed by atoms with Crippen LogP contribution in [0.2, 0.25) is 0 Å². The molecular weight excluding hydrogens is 152 g/mol. The molecule has 0 bridgehead atoms. The summed E-state index contributed by atoms with van der Waals surface area (Å²) < 4.78 is 0. The predicted octanol–water partition coefficient (Wildman–Crippen LogP) is -0.256. The van der Waals surface area contributed by atoms with E-state index >= 15 is 0 Å². The van der Waals surface area contributed by atoms with Gasteiger partial charge in [-0.25, -0.2) is 0 Å². The summed E-state index contributed by atoms with van der Waals surface area (Å²) in [5.41, 5.74) is 10.6. The normalized spacial score (nSPS) is 20.8. The quantitative estimate of drug-likeness (QED) is 0.443. The summed E-state index contributed by atoms with van der Waals surface area (Å²) in [4.78, 5) is 6.57. The molecule has 1 fully saturated rings. The van der Waals surface area contributed by atoms with Crippen molar-refractivity contribution in [2.24, 2.45) is 16.5 Å². The van der Waals surface area contributed by atoms with E-state index in [1.807, 2.05) is 0 Å². The van der Waals surface area contributed by atoms with E-state index in [4.69, 9.17) is 11.5 Å². The first kappa shape index (κ1) is 9.32. The predicted molar refractivity (Wildman–Crippen MR) is 50.9 cm³/mol. The fourth-order valence-electron chi connectivity index (χ4n) is 1.58. The minimum atomic E-state index is 0.227. The molecule has 4 heteroatoms. The molecule has 1 aliphatic rings. The molecule has 0 saturated carbocycles. The van der Waals surface area contributed by atoms with Crippen LogP contribution in [-0.2, 0) is 0 Å². The van der Waals surface area contributed by atoms with Crippen LogP contribution in [0, 0.1) is 0 Å². The summed E-state index contributed by atoms with van der Waals surface area (Å²) in [6.07, 6.45) is 2.18. The largest absolute Gasteiger partial charge is 0.370 e. The summed E-state index contributed by atoms with van der Waals surface area (Å²) in [7, 11) is 0. The van der Waals surface area contributed by atoms with Gasteiger partial charge >= 0.3 is 0 Å². The number of piperidine rings is 1. The minimum Gasteiger partial charge on any atom is -0.370 e. The fourth-order valence-corrected chi connectivity index (χ4v) is 1.58. The van der Waals surface area contributed by atoms with E-state index in [1.54, 1.807) is 0 Å². The molecule has 1 rings (SSSR count). The van der Waals surface area contributed by atoms with Crippen LogP contribution in [0.3, 0.4) is 0 Å². The van der Waals surface area contributed by atoms with E-state index in [-0.39, 0.29) is 5.96 Å². The Morgan fingerprint density at radius 2 is 2.00 bits per heavy atom. The Balaban J connectivity index is 2.31. The molecule has 0 aromatic rings. The molecule has 1 heterocycles. The van der Waals surface area contributed by atoms with Gasteiger partial charge < -0.3 is 16.4 Å². The molecule has 0 amide bonds. The first-order valence-electron chi connectivity index (χ1n) is 4.53. The number of aliphatic imine (C=N–C) groups is 1. The van der Waals surface area contributed by atoms with Crippen molar-refractivity contribution in [1.29, 1.82) is 0 Å². The third kappa shape index (κ3) is 2.70. The van der Waals surface area contributed by atoms with Crippen LogP contribution in [0.25, 0.3) is 0 Å². The van der Waals surface area contributed by atoms with Crippen LogP contribution in [0.5, 0.6) is 0 Å². The maximum absolute atomic E-state index is 5.30. The number of hydrogen-bond donors (Lipinski definition) is 2. The van der Waals surface area contributed by atoms with E-state index in [1.165, 1.54) is 0 Å². The minimum absolute atomic E-state index is 0.227. The van der Waals surface area contributed by atoms with Crippen molar-refractivity contribution < 1.29 is 0 Å². The second-order valence-corrected chi connectivity index (χ2v) is 3.22. The summed E-state index contributed by atoms with van der Waals surface area (Å²) >= 11 is 0. The molecule has 0 aromatic heterocycles. The Labute approximate surface area is 73.6 Å². The topological polar surface area (TPSA) is 67.6 Å². The van der Waals surface area contributed by atoms with Crippen LogP contribution < -0.4 is 11.5 Å². The van der Waals surface area contributed by atoms with Gasteiger partial charge in [0.15, 0.2) is 5.96 Å². The summed E-state index contributed by atoms with van der Waals surface area (Å²) in [6.45, 7) is 5.56. The first-order chi connectivity index (χ1) is 5.72. The standard InChI is InChI=1S/C8H18N4/c1-2-12-5-3-7(4-6-12)11-8(9)10/h7H,2-6H2,1H3,(H4,9,10,11). The van der Waals surface area contributed by atoms with Crippen LogP contribution in [0.1, 0.15) is 19.8 Å². The Kier molecular flexibility index (Phi) is 3.34. The lowest BCUT2D eigenvalue weighted by Crippen LogP contribution is -2.36. The van der Waals surface area contributed by atoms with E-state index < -0.39 is 0 Å². The summed E-state index contributed by atoms with van der Waals surface area (Å²) in [5.74, 6) is 0.227. The number of hydrogen-bond acceptors (Lipinski definition) is 2. The molecule has 0 unspecified atom stereocenters. The molecule has 1 aliphatic heterocycles. The second-order valence-electron chi connectivity index (χ2n) is 3.22. The van der Waals surface area contributed by atoms with Gasteiger partial charge in [-0.2, -0.15) is 0 Å². The van der Waals surface area contributed by atoms with E-state index in [2.05, 4.69) is 16.8 Å². The van der Waals surface area contributed by atoms with Gasteiger partial charge in [0.05, 0.1) is 6.04 Å². The van der Waals surface area contributed by atoms with Crippen molar-refractivity contribution in [3.05, 3.63) is 0 Å². The molecular formula is C8H18N4. The molecule has 0 aromatic carbocycles. The molecule has 0 aliphatic carbocycles. The van der Waals surface area contributed by atoms with E-state index in [0.717, 1.165) is 32.5 Å². The average molecular weight is 170 g/mol. The Morgan fingerprint density at radius 1 is 1.42 bits per heavy atom. The maximum Gasteiger partial charge on any atom is 0.186 e. The smallest absolute Gasteiger partial charge is 0.186 e. The van der Waals surface area contributed by atoms with Crippen molar-refractivity contribution in [1.82, 2.24) is 4.90 Å². The summed E-state index contributed by atoms with van der Waals surface area (Å²) in [6, 6.07) is 0.359. The zero-order chi connectivity index (χ0) is 8.97. The zero-order valence-corrected chi connectivity index (χ0v) is 7.66. The van der Waals surface area contributed by atoms with Crippen LogP contribution in [0.15, 0.2) is 4.99 Å². The van der Waals surface area contributed by atoms with Gasteiger partial charge in [-0.05, 0) is 19.4 Å². The highest BCUT2D eigenvalue weighted by atomic mass is 15.1. The van der Waals surface area contributed by atoms with Crippen LogP contribution >= 0.6 is 0 Å². The fraction of sp³-hybridized carbons (Fsp3) is 0.875. The Morgan fingerprint density at radius 3 is 2.42 bits per heavy atom. The van der Waals surface area contributed by atoms with E-state index in [0.29, 0.717) is 6.04 Å². The number of rotatable bonds is 2. The van der Waals surface area contributed by atoms with Crippen LogP contribution in [-0.4, -0.2) is 36.5 Å². The first-order valence-corrected chi connectivity index (χ1v) is 4.53. The second kappa shape index (κ2) is 4.30. The van der Waals surface area contributed by atoms with Crippen LogP contribution in [0.4, 0.5) is 0 Å². The molecule has 70 valence electrons. The van der Waals surface area contributed by atoms with Crippen molar-refractivity contribution >= 4 is 5.96 Å². The lowest BCUT2D eigenvalue weighted by Gasteiger charge is -2.28. The van der Waals surface area contributed by atoms with Gasteiger partial charge in [0.2, 0.25) is 0 Å². The van der Waals surface area contributed by atoms with Gasteiger partial charge in [0, 0.05) is 13.1 Å². The van der Waals surface area contributed by atoms with Crippen molar-refractivity contribution in [3.8, 4) is 0 Å². The molecule has 12 heavy (non-hydrogen) atoms. The number of nitrogens with two attached hydrogens (primary N) is 2. The highest BCUT2D eigenvalue weighted by molar-refractivity contribution is 5.75. The number of guanidine groups is 1. The average Bonchev–Trinajstić information content (AvgIpc) is 2.05. The monoisotopic (exact) mass is 170 g/mol. The summed E-state index contributed by atoms with van der Waals surface area (Å²) in [5, 5.41) is 0. The molecule has 4 N–H and O–H groups in total. The van der Waals surface area contributed by atoms with E-state index in [9.17, 15) is 0 Å². The molecule has 0 atom stereocenters. The Hall–Kier alpha value is -0.770. The maximum atomic E-state index is 5.30. The third-order valence-electron chi connectivity index (χ3n) is 2.34. The number of nitrogens with zero attached hydrogens (tertiary/aromatic N) is 2. The van der Waals surface area contributed by atoms with Crippen molar-refractivity contribution in [2.45, 2.75) is 25.8 Å². The molecule has 0 spiro atoms. The lowest BCUT2D eigenvalue weighted by molar-refractivity contribution is 0.224. The molecule has 0 radical (unpaired) electrons.